The van der Waals surface area contributed by atoms with E-state index in [1.807, 2.05) is 0 Å². The number of benzene rings is 1. The summed E-state index contributed by atoms with van der Waals surface area (Å²) in [5.74, 6) is 2.02. The fourth-order valence-electron chi connectivity index (χ4n) is 1.42. The topological polar surface area (TPSA) is 63.5 Å². The first-order valence-electron chi connectivity index (χ1n) is 4.90. The van der Waals surface area contributed by atoms with Crippen LogP contribution in [0.4, 0.5) is 5.69 Å². The normalized spacial score (nSPS) is 9.47. The van der Waals surface area contributed by atoms with Gasteiger partial charge in [-0.1, -0.05) is 5.92 Å². The van der Waals surface area contributed by atoms with E-state index in [2.05, 4.69) is 5.92 Å². The van der Waals surface area contributed by atoms with Gasteiger partial charge in [-0.3, -0.25) is 14.9 Å². The van der Waals surface area contributed by atoms with Crippen LogP contribution >= 0.6 is 0 Å². The van der Waals surface area contributed by atoms with Gasteiger partial charge in [0.15, 0.2) is 0 Å². The summed E-state index contributed by atoms with van der Waals surface area (Å²) in [6.45, 7) is 1.87. The molecule has 1 rings (SSSR count). The van der Waals surface area contributed by atoms with Crippen molar-refractivity contribution in [2.75, 3.05) is 13.6 Å². The van der Waals surface area contributed by atoms with Gasteiger partial charge in [0.05, 0.1) is 11.5 Å². The average molecular weight is 232 g/mol. The van der Waals surface area contributed by atoms with Crippen LogP contribution in [-0.2, 0) is 0 Å². The SMILES string of the molecule is C#CCN(C)C(=O)c1cc(C)cc([N+](=O)[O-])c1. The van der Waals surface area contributed by atoms with Gasteiger partial charge in [-0.25, -0.2) is 0 Å². The molecular formula is C12H12N2O3. The Labute approximate surface area is 99.2 Å². The fourth-order valence-corrected chi connectivity index (χ4v) is 1.42. The average Bonchev–Trinajstić information content (AvgIpc) is 2.27. The maximum atomic E-state index is 11.9. The van der Waals surface area contributed by atoms with Crippen molar-refractivity contribution in [1.82, 2.24) is 4.90 Å². The summed E-state index contributed by atoms with van der Waals surface area (Å²) in [5, 5.41) is 10.7. The molecule has 0 unspecified atom stereocenters. The van der Waals surface area contributed by atoms with E-state index in [0.717, 1.165) is 0 Å². The standard InChI is InChI=1S/C12H12N2O3/c1-4-5-13(3)12(15)10-6-9(2)7-11(8-10)14(16)17/h1,6-8H,5H2,2-3H3. The Kier molecular flexibility index (Phi) is 3.83. The van der Waals surface area contributed by atoms with Crippen molar-refractivity contribution in [3.63, 3.8) is 0 Å². The van der Waals surface area contributed by atoms with Gasteiger partial charge < -0.3 is 4.90 Å². The van der Waals surface area contributed by atoms with Crippen LogP contribution in [0, 0.1) is 29.4 Å². The maximum Gasteiger partial charge on any atom is 0.270 e. The van der Waals surface area contributed by atoms with Crippen LogP contribution in [-0.4, -0.2) is 29.3 Å². The number of non-ortho nitro benzene ring substituents is 1. The first kappa shape index (κ1) is 12.7. The molecule has 5 heteroatoms. The van der Waals surface area contributed by atoms with Gasteiger partial charge in [0, 0.05) is 24.7 Å². The van der Waals surface area contributed by atoms with Gasteiger partial charge in [0.25, 0.3) is 11.6 Å². The Balaban J connectivity index is 3.10. The monoisotopic (exact) mass is 232 g/mol. The van der Waals surface area contributed by atoms with Crippen molar-refractivity contribution in [2.24, 2.45) is 0 Å². The first-order valence-corrected chi connectivity index (χ1v) is 4.90. The number of nitrogens with zero attached hydrogens (tertiary/aromatic N) is 2. The molecule has 17 heavy (non-hydrogen) atoms. The summed E-state index contributed by atoms with van der Waals surface area (Å²) in [5.41, 5.74) is 0.841. The number of aryl methyl sites for hydroxylation is 1. The minimum atomic E-state index is -0.523. The van der Waals surface area contributed by atoms with Gasteiger partial charge >= 0.3 is 0 Å². The van der Waals surface area contributed by atoms with Crippen LogP contribution in [0.15, 0.2) is 18.2 Å². The van der Waals surface area contributed by atoms with Crippen molar-refractivity contribution in [2.45, 2.75) is 6.92 Å². The Morgan fingerprint density at radius 2 is 2.18 bits per heavy atom. The van der Waals surface area contributed by atoms with Crippen molar-refractivity contribution < 1.29 is 9.72 Å². The van der Waals surface area contributed by atoms with Gasteiger partial charge in [0.2, 0.25) is 0 Å². The summed E-state index contributed by atoms with van der Waals surface area (Å²) in [7, 11) is 1.55. The van der Waals surface area contributed by atoms with E-state index in [9.17, 15) is 14.9 Å². The van der Waals surface area contributed by atoms with Crippen LogP contribution in [0.2, 0.25) is 0 Å². The second-order valence-electron chi connectivity index (χ2n) is 3.68. The van der Waals surface area contributed by atoms with E-state index in [1.165, 1.54) is 17.0 Å². The summed E-state index contributed by atoms with van der Waals surface area (Å²) in [6.07, 6.45) is 5.10. The summed E-state index contributed by atoms with van der Waals surface area (Å²) in [6, 6.07) is 4.27. The maximum absolute atomic E-state index is 11.9. The van der Waals surface area contributed by atoms with Gasteiger partial charge in [0.1, 0.15) is 0 Å². The number of amides is 1. The van der Waals surface area contributed by atoms with E-state index < -0.39 is 4.92 Å². The smallest absolute Gasteiger partial charge is 0.270 e. The van der Waals surface area contributed by atoms with E-state index in [-0.39, 0.29) is 23.7 Å². The number of carbonyl (C=O) groups excluding carboxylic acids is 1. The van der Waals surface area contributed by atoms with E-state index >= 15 is 0 Å². The van der Waals surface area contributed by atoms with Crippen LogP contribution in [0.25, 0.3) is 0 Å². The zero-order valence-corrected chi connectivity index (χ0v) is 9.64. The lowest BCUT2D eigenvalue weighted by Gasteiger charge is -2.13. The van der Waals surface area contributed by atoms with Gasteiger partial charge in [-0.15, -0.1) is 6.42 Å². The summed E-state index contributed by atoms with van der Waals surface area (Å²) in [4.78, 5) is 23.4. The predicted molar refractivity (Wildman–Crippen MR) is 63.6 cm³/mol. The molecule has 0 saturated heterocycles. The Hall–Kier alpha value is -2.35. The number of hydrogen-bond donors (Lipinski definition) is 0. The molecule has 0 radical (unpaired) electrons. The van der Waals surface area contributed by atoms with Crippen LogP contribution in [0.1, 0.15) is 15.9 Å². The number of nitro groups is 1. The predicted octanol–water partition coefficient (Wildman–Crippen LogP) is 1.61. The Morgan fingerprint density at radius 3 is 2.71 bits per heavy atom. The number of carbonyl (C=O) groups is 1. The lowest BCUT2D eigenvalue weighted by molar-refractivity contribution is -0.384. The van der Waals surface area contributed by atoms with E-state index in [0.29, 0.717) is 5.56 Å². The quantitative estimate of drug-likeness (QED) is 0.452. The van der Waals surface area contributed by atoms with Crippen molar-refractivity contribution in [3.8, 4) is 12.3 Å². The first-order chi connectivity index (χ1) is 7.95. The molecule has 88 valence electrons. The number of nitro benzene ring substituents is 1. The number of terminal acetylenes is 1. The minimum Gasteiger partial charge on any atom is -0.331 e. The van der Waals surface area contributed by atoms with Crippen molar-refractivity contribution in [3.05, 3.63) is 39.4 Å². The third-order valence-electron chi connectivity index (χ3n) is 2.20. The Morgan fingerprint density at radius 1 is 1.53 bits per heavy atom. The highest BCUT2D eigenvalue weighted by atomic mass is 16.6. The van der Waals surface area contributed by atoms with Crippen LogP contribution in [0.5, 0.6) is 0 Å². The largest absolute Gasteiger partial charge is 0.331 e. The molecule has 1 aromatic rings. The van der Waals surface area contributed by atoms with Crippen molar-refractivity contribution in [1.29, 1.82) is 0 Å². The molecule has 0 saturated carbocycles. The number of hydrogen-bond acceptors (Lipinski definition) is 3. The van der Waals surface area contributed by atoms with E-state index in [1.54, 1.807) is 20.0 Å². The molecule has 0 bridgehead atoms. The zero-order chi connectivity index (χ0) is 13.0. The zero-order valence-electron chi connectivity index (χ0n) is 9.64. The molecule has 1 amide bonds. The van der Waals surface area contributed by atoms with Crippen molar-refractivity contribution >= 4 is 11.6 Å². The molecule has 0 N–H and O–H groups in total. The van der Waals surface area contributed by atoms with Gasteiger partial charge in [-0.2, -0.15) is 0 Å². The molecule has 0 aromatic heterocycles. The molecule has 1 aromatic carbocycles. The molecule has 0 heterocycles. The molecule has 5 nitrogen and oxygen atoms in total. The molecule has 0 aliphatic rings. The summed E-state index contributed by atoms with van der Waals surface area (Å²) < 4.78 is 0. The second-order valence-corrected chi connectivity index (χ2v) is 3.68. The third-order valence-corrected chi connectivity index (χ3v) is 2.20. The molecule has 0 aliphatic heterocycles. The van der Waals surface area contributed by atoms with Gasteiger partial charge in [-0.05, 0) is 18.6 Å². The Bertz CT molecular complexity index is 503. The lowest BCUT2D eigenvalue weighted by Crippen LogP contribution is -2.27. The van der Waals surface area contributed by atoms with Crippen LogP contribution < -0.4 is 0 Å². The minimum absolute atomic E-state index is 0.0949. The van der Waals surface area contributed by atoms with E-state index in [4.69, 9.17) is 6.42 Å². The summed E-state index contributed by atoms with van der Waals surface area (Å²) >= 11 is 0. The molecule has 0 atom stereocenters. The molecular weight excluding hydrogens is 220 g/mol. The highest BCUT2D eigenvalue weighted by Crippen LogP contribution is 2.17. The molecule has 0 fully saturated rings. The highest BCUT2D eigenvalue weighted by Gasteiger charge is 2.15. The third kappa shape index (κ3) is 3.05. The fraction of sp³-hybridized carbons (Fsp3) is 0.250. The lowest BCUT2D eigenvalue weighted by atomic mass is 10.1. The molecule has 0 aliphatic carbocycles. The molecule has 0 spiro atoms. The second kappa shape index (κ2) is 5.12. The number of rotatable bonds is 3. The highest BCUT2D eigenvalue weighted by molar-refractivity contribution is 5.95. The van der Waals surface area contributed by atoms with Crippen LogP contribution in [0.3, 0.4) is 0 Å².